The van der Waals surface area contributed by atoms with E-state index in [1.54, 1.807) is 7.11 Å². The Labute approximate surface area is 146 Å². The molecule has 0 amide bonds. The number of likely N-dealkylation sites (tertiary alicyclic amines) is 1. The lowest BCUT2D eigenvalue weighted by molar-refractivity contribution is 0.111. The number of methoxy groups -OCH3 is 1. The summed E-state index contributed by atoms with van der Waals surface area (Å²) in [5.41, 5.74) is 7.63. The molecule has 2 aliphatic rings. The Morgan fingerprint density at radius 2 is 1.83 bits per heavy atom. The summed E-state index contributed by atoms with van der Waals surface area (Å²) in [4.78, 5) is 2.36. The maximum absolute atomic E-state index is 6.25. The van der Waals surface area contributed by atoms with Crippen molar-refractivity contribution in [2.24, 2.45) is 5.73 Å². The van der Waals surface area contributed by atoms with E-state index < -0.39 is 0 Å². The first kappa shape index (κ1) is 17.6. The molecule has 4 nitrogen and oxygen atoms in total. The van der Waals surface area contributed by atoms with Crippen LogP contribution in [0.1, 0.15) is 50.5 Å². The molecule has 2 N–H and O–H groups in total. The molecule has 0 aromatic heterocycles. The first-order valence-corrected chi connectivity index (χ1v) is 9.41. The molecule has 1 aliphatic carbocycles. The van der Waals surface area contributed by atoms with Crippen LogP contribution < -0.4 is 15.2 Å². The van der Waals surface area contributed by atoms with Gasteiger partial charge in [0.1, 0.15) is 6.10 Å². The molecule has 0 bridgehead atoms. The van der Waals surface area contributed by atoms with Crippen LogP contribution in [0.25, 0.3) is 0 Å². The van der Waals surface area contributed by atoms with Crippen LogP contribution in [-0.2, 0) is 5.41 Å². The second kappa shape index (κ2) is 7.75. The zero-order valence-corrected chi connectivity index (χ0v) is 15.2. The Kier molecular flexibility index (Phi) is 5.67. The highest BCUT2D eigenvalue weighted by molar-refractivity contribution is 5.45. The largest absolute Gasteiger partial charge is 0.493 e. The number of hydrogen-bond acceptors (Lipinski definition) is 4. The van der Waals surface area contributed by atoms with Crippen molar-refractivity contribution in [1.29, 1.82) is 0 Å². The fourth-order valence-corrected chi connectivity index (χ4v) is 4.22. The second-order valence-corrected chi connectivity index (χ2v) is 7.53. The van der Waals surface area contributed by atoms with Crippen LogP contribution in [0.5, 0.6) is 11.5 Å². The van der Waals surface area contributed by atoms with Crippen LogP contribution in [-0.4, -0.2) is 44.8 Å². The van der Waals surface area contributed by atoms with Gasteiger partial charge >= 0.3 is 0 Å². The van der Waals surface area contributed by atoms with E-state index in [-0.39, 0.29) is 5.41 Å². The van der Waals surface area contributed by atoms with Gasteiger partial charge in [-0.1, -0.05) is 25.3 Å². The van der Waals surface area contributed by atoms with Crippen LogP contribution in [0.4, 0.5) is 0 Å². The summed E-state index contributed by atoms with van der Waals surface area (Å²) in [7, 11) is 3.90. The molecule has 1 saturated heterocycles. The SMILES string of the molecule is COc1cc(C2(CN)CCCCC2)ccc1OC1CCN(C)CC1. The third kappa shape index (κ3) is 3.70. The Morgan fingerprint density at radius 1 is 1.12 bits per heavy atom. The molecule has 0 spiro atoms. The lowest BCUT2D eigenvalue weighted by Crippen LogP contribution is -2.37. The maximum atomic E-state index is 6.25. The van der Waals surface area contributed by atoms with Crippen LogP contribution >= 0.6 is 0 Å². The van der Waals surface area contributed by atoms with Gasteiger partial charge in [0.25, 0.3) is 0 Å². The van der Waals surface area contributed by atoms with Gasteiger partial charge in [0.05, 0.1) is 7.11 Å². The van der Waals surface area contributed by atoms with Crippen molar-refractivity contribution in [1.82, 2.24) is 4.90 Å². The van der Waals surface area contributed by atoms with Crippen LogP contribution in [0.3, 0.4) is 0 Å². The first-order chi connectivity index (χ1) is 11.7. The molecule has 2 fully saturated rings. The number of nitrogens with two attached hydrogens (primary N) is 1. The van der Waals surface area contributed by atoms with Gasteiger partial charge < -0.3 is 20.1 Å². The van der Waals surface area contributed by atoms with Crippen molar-refractivity contribution in [3.63, 3.8) is 0 Å². The van der Waals surface area contributed by atoms with Gasteiger partial charge in [-0.25, -0.2) is 0 Å². The number of benzene rings is 1. The third-order valence-electron chi connectivity index (χ3n) is 5.94. The molecule has 4 heteroatoms. The Morgan fingerprint density at radius 3 is 2.46 bits per heavy atom. The molecule has 1 heterocycles. The van der Waals surface area contributed by atoms with Crippen LogP contribution in [0, 0.1) is 0 Å². The third-order valence-corrected chi connectivity index (χ3v) is 5.94. The Balaban J connectivity index is 1.77. The molecular formula is C20H32N2O2. The molecule has 0 unspecified atom stereocenters. The van der Waals surface area contributed by atoms with Gasteiger partial charge in [-0.05, 0) is 50.4 Å². The number of piperidine rings is 1. The quantitative estimate of drug-likeness (QED) is 0.898. The Hall–Kier alpha value is -1.26. The normalized spacial score (nSPS) is 22.3. The number of nitrogens with zero attached hydrogens (tertiary/aromatic N) is 1. The van der Waals surface area contributed by atoms with E-state index in [9.17, 15) is 0 Å². The smallest absolute Gasteiger partial charge is 0.161 e. The highest BCUT2D eigenvalue weighted by Crippen LogP contribution is 2.42. The second-order valence-electron chi connectivity index (χ2n) is 7.53. The predicted octanol–water partition coefficient (Wildman–Crippen LogP) is 3.33. The molecular weight excluding hydrogens is 300 g/mol. The fraction of sp³-hybridized carbons (Fsp3) is 0.700. The van der Waals surface area contributed by atoms with E-state index in [0.717, 1.165) is 37.4 Å². The average molecular weight is 332 g/mol. The van der Waals surface area contributed by atoms with Gasteiger partial charge in [-0.3, -0.25) is 0 Å². The summed E-state index contributed by atoms with van der Waals surface area (Å²) in [6.07, 6.45) is 8.68. The average Bonchev–Trinajstić information content (AvgIpc) is 2.64. The molecule has 0 radical (unpaired) electrons. The van der Waals surface area contributed by atoms with Crippen LogP contribution in [0.2, 0.25) is 0 Å². The summed E-state index contributed by atoms with van der Waals surface area (Å²) in [6.45, 7) is 2.91. The minimum absolute atomic E-state index is 0.123. The molecule has 134 valence electrons. The van der Waals surface area contributed by atoms with Gasteiger partial charge in [0.2, 0.25) is 0 Å². The summed E-state index contributed by atoms with van der Waals surface area (Å²) in [6, 6.07) is 6.48. The lowest BCUT2D eigenvalue weighted by Gasteiger charge is -2.37. The minimum Gasteiger partial charge on any atom is -0.493 e. The van der Waals surface area contributed by atoms with Crippen molar-refractivity contribution < 1.29 is 9.47 Å². The first-order valence-electron chi connectivity index (χ1n) is 9.41. The van der Waals surface area contributed by atoms with E-state index in [4.69, 9.17) is 15.2 Å². The lowest BCUT2D eigenvalue weighted by atomic mass is 9.69. The number of rotatable bonds is 5. The van der Waals surface area contributed by atoms with Crippen molar-refractivity contribution >= 4 is 0 Å². The van der Waals surface area contributed by atoms with Crippen LogP contribution in [0.15, 0.2) is 18.2 Å². The summed E-state index contributed by atoms with van der Waals surface area (Å²) < 4.78 is 11.9. The van der Waals surface area contributed by atoms with Gasteiger partial charge in [0, 0.05) is 25.0 Å². The highest BCUT2D eigenvalue weighted by Gasteiger charge is 2.33. The van der Waals surface area contributed by atoms with Crippen molar-refractivity contribution in [2.75, 3.05) is 33.8 Å². The topological polar surface area (TPSA) is 47.7 Å². The molecule has 1 aromatic rings. The predicted molar refractivity (Wildman–Crippen MR) is 98.0 cm³/mol. The molecule has 1 aromatic carbocycles. The van der Waals surface area contributed by atoms with Gasteiger partial charge in [-0.15, -0.1) is 0 Å². The standard InChI is InChI=1S/C20H32N2O2/c1-22-12-8-17(9-13-22)24-18-7-6-16(14-19(18)23-2)20(15-21)10-4-3-5-11-20/h6-7,14,17H,3-5,8-13,15,21H2,1-2H3. The van der Waals surface area contributed by atoms with Gasteiger partial charge in [-0.2, -0.15) is 0 Å². The molecule has 24 heavy (non-hydrogen) atoms. The van der Waals surface area contributed by atoms with Gasteiger partial charge in [0.15, 0.2) is 11.5 Å². The molecule has 0 atom stereocenters. The molecule has 1 saturated carbocycles. The monoisotopic (exact) mass is 332 g/mol. The maximum Gasteiger partial charge on any atom is 0.161 e. The zero-order valence-electron chi connectivity index (χ0n) is 15.2. The summed E-state index contributed by atoms with van der Waals surface area (Å²) in [5.74, 6) is 1.73. The summed E-state index contributed by atoms with van der Waals surface area (Å²) >= 11 is 0. The Bertz CT molecular complexity index is 532. The summed E-state index contributed by atoms with van der Waals surface area (Å²) in [5, 5.41) is 0. The minimum atomic E-state index is 0.123. The number of ether oxygens (including phenoxy) is 2. The van der Waals surface area contributed by atoms with E-state index in [2.05, 4.69) is 30.1 Å². The highest BCUT2D eigenvalue weighted by atomic mass is 16.5. The zero-order chi connectivity index (χ0) is 17.0. The van der Waals surface area contributed by atoms with E-state index in [0.29, 0.717) is 12.6 Å². The van der Waals surface area contributed by atoms with Crippen molar-refractivity contribution in [2.45, 2.75) is 56.5 Å². The van der Waals surface area contributed by atoms with E-state index in [1.807, 2.05) is 0 Å². The van der Waals surface area contributed by atoms with Crippen molar-refractivity contribution in [3.8, 4) is 11.5 Å². The fourth-order valence-electron chi connectivity index (χ4n) is 4.22. The van der Waals surface area contributed by atoms with Crippen molar-refractivity contribution in [3.05, 3.63) is 23.8 Å². The number of hydrogen-bond donors (Lipinski definition) is 1. The molecule has 1 aliphatic heterocycles. The molecule has 3 rings (SSSR count). The van der Waals surface area contributed by atoms with E-state index in [1.165, 1.54) is 37.7 Å². The van der Waals surface area contributed by atoms with E-state index >= 15 is 0 Å².